The predicted octanol–water partition coefficient (Wildman–Crippen LogP) is 2.58. The molecule has 0 aliphatic rings. The Kier molecular flexibility index (Phi) is 4.17. The molecule has 0 atom stereocenters. The summed E-state index contributed by atoms with van der Waals surface area (Å²) in [6.45, 7) is 6.06. The third-order valence-electron chi connectivity index (χ3n) is 3.70. The van der Waals surface area contributed by atoms with Crippen molar-refractivity contribution in [3.63, 3.8) is 0 Å². The third-order valence-corrected chi connectivity index (χ3v) is 3.70. The van der Waals surface area contributed by atoms with Crippen LogP contribution in [0.1, 0.15) is 38.1 Å². The molecular formula is C14H17F2NO3. The zero-order chi connectivity index (χ0) is 15.7. The molecule has 110 valence electrons. The van der Waals surface area contributed by atoms with Crippen LogP contribution in [-0.2, 0) is 4.79 Å². The lowest BCUT2D eigenvalue weighted by Crippen LogP contribution is -2.56. The smallest absolute Gasteiger partial charge is 0.311 e. The van der Waals surface area contributed by atoms with E-state index in [9.17, 15) is 23.5 Å². The number of carboxylic acids is 1. The molecule has 1 amide bonds. The maximum absolute atomic E-state index is 13.1. The van der Waals surface area contributed by atoms with Crippen LogP contribution in [0.5, 0.6) is 0 Å². The molecule has 0 unspecified atom stereocenters. The second kappa shape index (κ2) is 5.19. The molecule has 0 bridgehead atoms. The van der Waals surface area contributed by atoms with Crippen LogP contribution >= 0.6 is 0 Å². The van der Waals surface area contributed by atoms with Gasteiger partial charge in [0, 0.05) is 5.56 Å². The number of aliphatic carboxylic acids is 1. The first-order valence-corrected chi connectivity index (χ1v) is 6.00. The van der Waals surface area contributed by atoms with Crippen molar-refractivity contribution in [2.75, 3.05) is 0 Å². The van der Waals surface area contributed by atoms with Crippen molar-refractivity contribution in [2.45, 2.75) is 33.2 Å². The maximum Gasteiger partial charge on any atom is 0.311 e. The number of halogens is 2. The molecule has 4 nitrogen and oxygen atoms in total. The van der Waals surface area contributed by atoms with E-state index in [1.165, 1.54) is 13.8 Å². The van der Waals surface area contributed by atoms with Crippen LogP contribution in [0.2, 0.25) is 0 Å². The normalized spacial score (nSPS) is 12.1. The number of carbonyl (C=O) groups is 2. The van der Waals surface area contributed by atoms with Gasteiger partial charge in [-0.1, -0.05) is 0 Å². The standard InChI is InChI=1S/C14H17F2NO3/c1-13(2,12(19)20)14(3,4)17-11(18)8-5-6-9(15)10(16)7-8/h5-7H,1-4H3,(H,17,18)(H,19,20). The Morgan fingerprint density at radius 3 is 2.10 bits per heavy atom. The monoisotopic (exact) mass is 285 g/mol. The van der Waals surface area contributed by atoms with Crippen molar-refractivity contribution in [1.82, 2.24) is 5.32 Å². The summed E-state index contributed by atoms with van der Waals surface area (Å²) in [4.78, 5) is 23.2. The molecule has 0 aliphatic carbocycles. The van der Waals surface area contributed by atoms with Crippen LogP contribution in [-0.4, -0.2) is 22.5 Å². The topological polar surface area (TPSA) is 66.4 Å². The van der Waals surface area contributed by atoms with Crippen LogP contribution in [0.4, 0.5) is 8.78 Å². The summed E-state index contributed by atoms with van der Waals surface area (Å²) in [5.41, 5.74) is -2.39. The number of carbonyl (C=O) groups excluding carboxylic acids is 1. The molecule has 1 aromatic carbocycles. The van der Waals surface area contributed by atoms with Gasteiger partial charge in [0.15, 0.2) is 11.6 Å². The van der Waals surface area contributed by atoms with Crippen molar-refractivity contribution < 1.29 is 23.5 Å². The summed E-state index contributed by atoms with van der Waals surface area (Å²) in [7, 11) is 0. The van der Waals surface area contributed by atoms with E-state index < -0.39 is 34.5 Å². The Morgan fingerprint density at radius 1 is 1.10 bits per heavy atom. The maximum atomic E-state index is 13.1. The Hall–Kier alpha value is -1.98. The highest BCUT2D eigenvalue weighted by Crippen LogP contribution is 2.31. The van der Waals surface area contributed by atoms with Gasteiger partial charge < -0.3 is 10.4 Å². The molecule has 2 N–H and O–H groups in total. The van der Waals surface area contributed by atoms with Crippen LogP contribution in [0.15, 0.2) is 18.2 Å². The molecule has 0 fully saturated rings. The molecule has 0 heterocycles. The van der Waals surface area contributed by atoms with Crippen molar-refractivity contribution in [3.8, 4) is 0 Å². The Balaban J connectivity index is 3.00. The first kappa shape index (κ1) is 16.1. The summed E-state index contributed by atoms with van der Waals surface area (Å²) in [6.07, 6.45) is 0. The minimum atomic E-state index is -1.23. The number of benzene rings is 1. The van der Waals surface area contributed by atoms with Gasteiger partial charge in [-0.25, -0.2) is 8.78 Å². The lowest BCUT2D eigenvalue weighted by molar-refractivity contribution is -0.150. The quantitative estimate of drug-likeness (QED) is 0.893. The first-order valence-electron chi connectivity index (χ1n) is 6.00. The van der Waals surface area contributed by atoms with Gasteiger partial charge in [0.05, 0.1) is 11.0 Å². The Bertz CT molecular complexity index is 553. The molecule has 6 heteroatoms. The van der Waals surface area contributed by atoms with Gasteiger partial charge in [-0.15, -0.1) is 0 Å². The molecule has 1 rings (SSSR count). The van der Waals surface area contributed by atoms with Crippen molar-refractivity contribution >= 4 is 11.9 Å². The fourth-order valence-corrected chi connectivity index (χ4v) is 1.42. The summed E-state index contributed by atoms with van der Waals surface area (Å²) in [6, 6.07) is 2.76. The van der Waals surface area contributed by atoms with Gasteiger partial charge in [-0.3, -0.25) is 9.59 Å². The number of carboxylic acid groups (broad SMARTS) is 1. The Morgan fingerprint density at radius 2 is 1.65 bits per heavy atom. The van der Waals surface area contributed by atoms with E-state index in [0.717, 1.165) is 18.2 Å². The van der Waals surface area contributed by atoms with Crippen LogP contribution < -0.4 is 5.32 Å². The van der Waals surface area contributed by atoms with E-state index in [1.54, 1.807) is 13.8 Å². The Labute approximate surface area is 115 Å². The van der Waals surface area contributed by atoms with Gasteiger partial charge in [0.1, 0.15) is 0 Å². The minimum absolute atomic E-state index is 0.0711. The van der Waals surface area contributed by atoms with E-state index in [4.69, 9.17) is 0 Å². The van der Waals surface area contributed by atoms with E-state index in [0.29, 0.717) is 0 Å². The number of hydrogen-bond acceptors (Lipinski definition) is 2. The van der Waals surface area contributed by atoms with Gasteiger partial charge in [0.2, 0.25) is 0 Å². The van der Waals surface area contributed by atoms with Crippen molar-refractivity contribution in [3.05, 3.63) is 35.4 Å². The summed E-state index contributed by atoms with van der Waals surface area (Å²) < 4.78 is 25.9. The second-order valence-electron chi connectivity index (χ2n) is 5.64. The molecule has 0 saturated heterocycles. The van der Waals surface area contributed by atoms with Crippen molar-refractivity contribution in [1.29, 1.82) is 0 Å². The zero-order valence-electron chi connectivity index (χ0n) is 11.8. The van der Waals surface area contributed by atoms with Crippen LogP contribution in [0.25, 0.3) is 0 Å². The van der Waals surface area contributed by atoms with Crippen molar-refractivity contribution in [2.24, 2.45) is 5.41 Å². The molecule has 20 heavy (non-hydrogen) atoms. The number of nitrogens with one attached hydrogen (secondary N) is 1. The van der Waals surface area contributed by atoms with Gasteiger partial charge in [-0.2, -0.15) is 0 Å². The van der Waals surface area contributed by atoms with Gasteiger partial charge >= 0.3 is 5.97 Å². The highest BCUT2D eigenvalue weighted by Gasteiger charge is 2.44. The SMILES string of the molecule is CC(C)(NC(=O)c1ccc(F)c(F)c1)C(C)(C)C(=O)O. The largest absolute Gasteiger partial charge is 0.481 e. The average Bonchev–Trinajstić information content (AvgIpc) is 2.31. The van der Waals surface area contributed by atoms with Crippen LogP contribution in [0, 0.1) is 17.0 Å². The average molecular weight is 285 g/mol. The van der Waals surface area contributed by atoms with Crippen LogP contribution in [0.3, 0.4) is 0 Å². The lowest BCUT2D eigenvalue weighted by atomic mass is 9.74. The fraction of sp³-hybridized carbons (Fsp3) is 0.429. The number of rotatable bonds is 4. The molecule has 0 aliphatic heterocycles. The zero-order valence-corrected chi connectivity index (χ0v) is 11.8. The first-order chi connectivity index (χ1) is 8.99. The summed E-state index contributed by atoms with van der Waals surface area (Å²) in [5, 5.41) is 11.7. The summed E-state index contributed by atoms with van der Waals surface area (Å²) >= 11 is 0. The van der Waals surface area contributed by atoms with E-state index in [1.807, 2.05) is 0 Å². The molecule has 0 aromatic heterocycles. The fourth-order valence-electron chi connectivity index (χ4n) is 1.42. The highest BCUT2D eigenvalue weighted by atomic mass is 19.2. The van der Waals surface area contributed by atoms with E-state index >= 15 is 0 Å². The lowest BCUT2D eigenvalue weighted by Gasteiger charge is -2.38. The van der Waals surface area contributed by atoms with Gasteiger partial charge in [-0.05, 0) is 45.9 Å². The molecule has 1 aromatic rings. The summed E-state index contributed by atoms with van der Waals surface area (Å²) in [5.74, 6) is -3.92. The number of amides is 1. The second-order valence-corrected chi connectivity index (χ2v) is 5.64. The molecule has 0 radical (unpaired) electrons. The molecule has 0 spiro atoms. The van der Waals surface area contributed by atoms with Gasteiger partial charge in [0.25, 0.3) is 5.91 Å². The highest BCUT2D eigenvalue weighted by molar-refractivity contribution is 5.95. The number of hydrogen-bond donors (Lipinski definition) is 2. The minimum Gasteiger partial charge on any atom is -0.481 e. The molecule has 0 saturated carbocycles. The van der Waals surface area contributed by atoms with E-state index in [-0.39, 0.29) is 5.56 Å². The predicted molar refractivity (Wildman–Crippen MR) is 69.3 cm³/mol. The van der Waals surface area contributed by atoms with E-state index in [2.05, 4.69) is 5.32 Å². The molecular weight excluding hydrogens is 268 g/mol. The third kappa shape index (κ3) is 2.95.